The van der Waals surface area contributed by atoms with Gasteiger partial charge in [0.15, 0.2) is 5.82 Å². The Kier molecular flexibility index (Phi) is 2.09. The molecule has 6 nitrogen and oxygen atoms in total. The number of nitrogens with one attached hydrogen (secondary N) is 1. The number of aromatic nitrogens is 2. The molecule has 2 rings (SSSR count). The second kappa shape index (κ2) is 3.41. The van der Waals surface area contributed by atoms with Crippen molar-refractivity contribution in [2.24, 2.45) is 0 Å². The Hall–Kier alpha value is -2.37. The molecule has 0 bridgehead atoms. The molecule has 0 amide bonds. The minimum atomic E-state index is -1.04. The fraction of sp³-hybridized carbons (Fsp3) is 0. The van der Waals surface area contributed by atoms with Crippen molar-refractivity contribution in [2.45, 2.75) is 0 Å². The van der Waals surface area contributed by atoms with Gasteiger partial charge in [0.2, 0.25) is 0 Å². The Labute approximate surface area is 83.2 Å². The highest BCUT2D eigenvalue weighted by molar-refractivity contribution is 5.88. The van der Waals surface area contributed by atoms with Crippen molar-refractivity contribution in [3.8, 4) is 11.4 Å². The van der Waals surface area contributed by atoms with E-state index < -0.39 is 11.7 Å². The summed E-state index contributed by atoms with van der Waals surface area (Å²) in [6.07, 6.45) is 0. The van der Waals surface area contributed by atoms with Crippen LogP contribution < -0.4 is 5.76 Å². The monoisotopic (exact) mass is 206 g/mol. The Bertz CT molecular complexity index is 555. The van der Waals surface area contributed by atoms with Crippen LogP contribution in [0.5, 0.6) is 0 Å². The number of carbonyl (C=O) groups is 1. The molecule has 1 heterocycles. The lowest BCUT2D eigenvalue weighted by molar-refractivity contribution is 0.0697. The minimum Gasteiger partial charge on any atom is -0.478 e. The molecule has 0 radical (unpaired) electrons. The molecule has 2 aromatic rings. The van der Waals surface area contributed by atoms with Gasteiger partial charge in [-0.25, -0.2) is 9.59 Å². The van der Waals surface area contributed by atoms with Crippen molar-refractivity contribution in [1.82, 2.24) is 10.1 Å². The summed E-state index contributed by atoms with van der Waals surface area (Å²) < 4.78 is 4.31. The van der Waals surface area contributed by atoms with Gasteiger partial charge in [-0.05, 0) is 12.1 Å². The first-order valence-corrected chi connectivity index (χ1v) is 4.06. The molecule has 6 heteroatoms. The number of nitrogens with zero attached hydrogens (tertiary/aromatic N) is 1. The lowest BCUT2D eigenvalue weighted by Crippen LogP contribution is -1.97. The SMILES string of the molecule is O=C(O)c1cccc(-c2noc(=O)[nH]2)c1. The Morgan fingerprint density at radius 3 is 2.87 bits per heavy atom. The third-order valence-electron chi connectivity index (χ3n) is 1.82. The fourth-order valence-corrected chi connectivity index (χ4v) is 1.15. The number of rotatable bonds is 2. The van der Waals surface area contributed by atoms with Gasteiger partial charge in [0.1, 0.15) is 0 Å². The van der Waals surface area contributed by atoms with Crippen molar-refractivity contribution in [2.75, 3.05) is 0 Å². The van der Waals surface area contributed by atoms with Gasteiger partial charge in [0.25, 0.3) is 0 Å². The molecule has 0 aliphatic heterocycles. The molecular formula is C9H6N2O4. The fourth-order valence-electron chi connectivity index (χ4n) is 1.15. The number of benzene rings is 1. The van der Waals surface area contributed by atoms with Crippen molar-refractivity contribution < 1.29 is 14.4 Å². The quantitative estimate of drug-likeness (QED) is 0.754. The van der Waals surface area contributed by atoms with Crippen LogP contribution in [0.25, 0.3) is 11.4 Å². The van der Waals surface area contributed by atoms with Crippen molar-refractivity contribution in [3.05, 3.63) is 40.4 Å². The van der Waals surface area contributed by atoms with Gasteiger partial charge < -0.3 is 5.11 Å². The van der Waals surface area contributed by atoms with Gasteiger partial charge in [-0.1, -0.05) is 17.3 Å². The minimum absolute atomic E-state index is 0.122. The number of aromatic carboxylic acids is 1. The van der Waals surface area contributed by atoms with Gasteiger partial charge >= 0.3 is 11.7 Å². The molecule has 0 saturated heterocycles. The summed E-state index contributed by atoms with van der Waals surface area (Å²) in [7, 11) is 0. The van der Waals surface area contributed by atoms with Gasteiger partial charge in [0, 0.05) is 5.56 Å². The number of hydrogen-bond donors (Lipinski definition) is 2. The summed E-state index contributed by atoms with van der Waals surface area (Å²) >= 11 is 0. The topological polar surface area (TPSA) is 96.2 Å². The van der Waals surface area contributed by atoms with Gasteiger partial charge in [-0.3, -0.25) is 9.51 Å². The molecule has 1 aromatic carbocycles. The number of carboxylic acids is 1. The van der Waals surface area contributed by atoms with E-state index in [4.69, 9.17) is 5.11 Å². The molecule has 0 spiro atoms. The zero-order valence-electron chi connectivity index (χ0n) is 7.43. The first-order chi connectivity index (χ1) is 7.16. The molecule has 2 N–H and O–H groups in total. The third kappa shape index (κ3) is 1.78. The summed E-state index contributed by atoms with van der Waals surface area (Å²) in [4.78, 5) is 23.7. The molecule has 0 fully saturated rings. The van der Waals surface area contributed by atoms with Crippen LogP contribution in [0.2, 0.25) is 0 Å². The van der Waals surface area contributed by atoms with E-state index in [2.05, 4.69) is 14.7 Å². The number of H-pyrrole nitrogens is 1. The predicted octanol–water partition coefficient (Wildman–Crippen LogP) is 0.728. The Balaban J connectivity index is 2.49. The predicted molar refractivity (Wildman–Crippen MR) is 49.5 cm³/mol. The van der Waals surface area contributed by atoms with Crippen LogP contribution in [0.3, 0.4) is 0 Å². The molecule has 0 atom stereocenters. The maximum atomic E-state index is 10.7. The number of carboxylic acid groups (broad SMARTS) is 1. The highest BCUT2D eigenvalue weighted by atomic mass is 16.5. The first-order valence-electron chi connectivity index (χ1n) is 4.06. The number of aromatic amines is 1. The normalized spacial score (nSPS) is 10.1. The van der Waals surface area contributed by atoms with Crippen molar-refractivity contribution in [3.63, 3.8) is 0 Å². The second-order valence-corrected chi connectivity index (χ2v) is 2.83. The third-order valence-corrected chi connectivity index (χ3v) is 1.82. The average molecular weight is 206 g/mol. The zero-order chi connectivity index (χ0) is 10.8. The average Bonchev–Trinajstić information content (AvgIpc) is 2.65. The first kappa shape index (κ1) is 9.20. The highest BCUT2D eigenvalue weighted by Crippen LogP contribution is 2.14. The van der Waals surface area contributed by atoms with Crippen molar-refractivity contribution >= 4 is 5.97 Å². The van der Waals surface area contributed by atoms with Crippen LogP contribution in [0, 0.1) is 0 Å². The molecule has 0 aliphatic carbocycles. The summed E-state index contributed by atoms with van der Waals surface area (Å²) in [5.41, 5.74) is 0.608. The van der Waals surface area contributed by atoms with E-state index in [9.17, 15) is 9.59 Å². The van der Waals surface area contributed by atoms with Gasteiger partial charge in [0.05, 0.1) is 5.56 Å². The van der Waals surface area contributed by atoms with Crippen LogP contribution in [-0.4, -0.2) is 21.2 Å². The maximum absolute atomic E-state index is 10.7. The van der Waals surface area contributed by atoms with Gasteiger partial charge in [-0.2, -0.15) is 0 Å². The lowest BCUT2D eigenvalue weighted by atomic mass is 10.1. The van der Waals surface area contributed by atoms with Crippen LogP contribution in [0.4, 0.5) is 0 Å². The summed E-state index contributed by atoms with van der Waals surface area (Å²) in [6, 6.07) is 6.03. The maximum Gasteiger partial charge on any atom is 0.439 e. The van der Waals surface area contributed by atoms with E-state index in [-0.39, 0.29) is 11.4 Å². The van der Waals surface area contributed by atoms with Crippen molar-refractivity contribution in [1.29, 1.82) is 0 Å². The summed E-state index contributed by atoms with van der Waals surface area (Å²) in [6.45, 7) is 0. The van der Waals surface area contributed by atoms with Gasteiger partial charge in [-0.15, -0.1) is 0 Å². The molecule has 76 valence electrons. The largest absolute Gasteiger partial charge is 0.478 e. The van der Waals surface area contributed by atoms with E-state index in [0.717, 1.165) is 0 Å². The van der Waals surface area contributed by atoms with Crippen LogP contribution >= 0.6 is 0 Å². The lowest BCUT2D eigenvalue weighted by Gasteiger charge is -1.96. The Morgan fingerprint density at radius 1 is 1.47 bits per heavy atom. The smallest absolute Gasteiger partial charge is 0.439 e. The summed E-state index contributed by atoms with van der Waals surface area (Å²) in [5, 5.41) is 12.2. The summed E-state index contributed by atoms with van der Waals surface area (Å²) in [5.74, 6) is -1.50. The second-order valence-electron chi connectivity index (χ2n) is 2.83. The van der Waals surface area contributed by atoms with E-state index >= 15 is 0 Å². The van der Waals surface area contributed by atoms with Crippen LogP contribution in [0.15, 0.2) is 33.6 Å². The molecule has 0 unspecified atom stereocenters. The highest BCUT2D eigenvalue weighted by Gasteiger charge is 2.07. The molecule has 0 aliphatic rings. The molecular weight excluding hydrogens is 200 g/mol. The molecule has 1 aromatic heterocycles. The van der Waals surface area contributed by atoms with E-state index in [1.165, 1.54) is 12.1 Å². The van der Waals surface area contributed by atoms with Crippen LogP contribution in [-0.2, 0) is 0 Å². The number of hydrogen-bond acceptors (Lipinski definition) is 4. The van der Waals surface area contributed by atoms with E-state index in [1.807, 2.05) is 0 Å². The van der Waals surface area contributed by atoms with Crippen LogP contribution in [0.1, 0.15) is 10.4 Å². The van der Waals surface area contributed by atoms with E-state index in [0.29, 0.717) is 5.56 Å². The van der Waals surface area contributed by atoms with E-state index in [1.54, 1.807) is 12.1 Å². The molecule has 15 heavy (non-hydrogen) atoms. The molecule has 0 saturated carbocycles. The standard InChI is InChI=1S/C9H6N2O4/c12-8(13)6-3-1-2-5(4-6)7-10-9(14)15-11-7/h1-4H,(H,12,13)(H,10,11,14). The zero-order valence-corrected chi connectivity index (χ0v) is 7.43. The Morgan fingerprint density at radius 2 is 2.27 bits per heavy atom.